The summed E-state index contributed by atoms with van der Waals surface area (Å²) in [4.78, 5) is 4.73. The van der Waals surface area contributed by atoms with Crippen molar-refractivity contribution in [1.82, 2.24) is 14.4 Å². The predicted octanol–water partition coefficient (Wildman–Crippen LogP) is 4.90. The van der Waals surface area contributed by atoms with E-state index in [0.717, 1.165) is 35.4 Å². The molecule has 0 spiro atoms. The average Bonchev–Trinajstić information content (AvgIpc) is 3.26. The van der Waals surface area contributed by atoms with Crippen LogP contribution in [0.3, 0.4) is 0 Å². The second-order valence-electron chi connectivity index (χ2n) is 10.5. The third-order valence-electron chi connectivity index (χ3n) is 7.60. The Hall–Kier alpha value is -2.90. The van der Waals surface area contributed by atoms with Crippen molar-refractivity contribution in [2.45, 2.75) is 44.9 Å². The molecule has 0 unspecified atom stereocenters. The number of rotatable bonds is 13. The minimum Gasteiger partial charge on any atom is -0.492 e. The molecular formula is C32H41N3O3. The zero-order chi connectivity index (χ0) is 26.2. The van der Waals surface area contributed by atoms with E-state index in [-0.39, 0.29) is 6.61 Å². The molecular weight excluding hydrogens is 474 g/mol. The second kappa shape index (κ2) is 13.3. The predicted molar refractivity (Wildman–Crippen MR) is 155 cm³/mol. The summed E-state index contributed by atoms with van der Waals surface area (Å²) < 4.78 is 8.32. The Bertz CT molecular complexity index is 1240. The molecule has 1 aliphatic rings. The van der Waals surface area contributed by atoms with E-state index in [9.17, 15) is 10.2 Å². The molecule has 1 aliphatic heterocycles. The highest BCUT2D eigenvalue weighted by Crippen LogP contribution is 2.29. The van der Waals surface area contributed by atoms with E-state index in [1.165, 1.54) is 43.1 Å². The van der Waals surface area contributed by atoms with Gasteiger partial charge in [0.1, 0.15) is 12.4 Å². The van der Waals surface area contributed by atoms with E-state index in [1.807, 2.05) is 12.1 Å². The number of hydrogen-bond acceptors (Lipinski definition) is 5. The van der Waals surface area contributed by atoms with Crippen LogP contribution in [0.15, 0.2) is 72.8 Å². The Morgan fingerprint density at radius 1 is 0.868 bits per heavy atom. The van der Waals surface area contributed by atoms with Crippen molar-refractivity contribution in [1.29, 1.82) is 0 Å². The zero-order valence-electron chi connectivity index (χ0n) is 22.3. The molecule has 1 aromatic heterocycles. The molecule has 38 heavy (non-hydrogen) atoms. The summed E-state index contributed by atoms with van der Waals surface area (Å²) in [7, 11) is 0. The number of fused-ring (bicyclic) bond motifs is 3. The summed E-state index contributed by atoms with van der Waals surface area (Å²) in [5.41, 5.74) is 3.44. The van der Waals surface area contributed by atoms with E-state index in [1.54, 1.807) is 0 Å². The van der Waals surface area contributed by atoms with Crippen molar-refractivity contribution in [2.75, 3.05) is 45.9 Å². The number of aliphatic hydroxyl groups is 2. The van der Waals surface area contributed by atoms with Gasteiger partial charge >= 0.3 is 0 Å². The first-order valence-corrected chi connectivity index (χ1v) is 14.1. The van der Waals surface area contributed by atoms with Crippen LogP contribution in [0, 0.1) is 0 Å². The fraction of sp³-hybridized carbons (Fsp3) is 0.438. The van der Waals surface area contributed by atoms with E-state index in [4.69, 9.17) is 4.74 Å². The van der Waals surface area contributed by atoms with Gasteiger partial charge in [-0.1, -0.05) is 55.0 Å². The Morgan fingerprint density at radius 3 is 2.29 bits per heavy atom. The Kier molecular flexibility index (Phi) is 9.31. The number of ether oxygens (including phenoxy) is 1. The van der Waals surface area contributed by atoms with Gasteiger partial charge in [0, 0.05) is 54.6 Å². The first kappa shape index (κ1) is 26.7. The Morgan fingerprint density at radius 2 is 1.58 bits per heavy atom. The molecule has 2 N–H and O–H groups in total. The lowest BCUT2D eigenvalue weighted by Gasteiger charge is -2.26. The van der Waals surface area contributed by atoms with Crippen LogP contribution < -0.4 is 4.74 Å². The van der Waals surface area contributed by atoms with Gasteiger partial charge < -0.3 is 19.5 Å². The van der Waals surface area contributed by atoms with Crippen molar-refractivity contribution < 1.29 is 14.9 Å². The van der Waals surface area contributed by atoms with Crippen molar-refractivity contribution in [2.24, 2.45) is 0 Å². The highest BCUT2D eigenvalue weighted by atomic mass is 16.5. The fourth-order valence-corrected chi connectivity index (χ4v) is 5.76. The van der Waals surface area contributed by atoms with Crippen LogP contribution in [0.4, 0.5) is 0 Å². The van der Waals surface area contributed by atoms with Gasteiger partial charge in [-0.3, -0.25) is 9.80 Å². The van der Waals surface area contributed by atoms with E-state index in [0.29, 0.717) is 32.7 Å². The largest absolute Gasteiger partial charge is 0.492 e. The van der Waals surface area contributed by atoms with E-state index in [2.05, 4.69) is 75.0 Å². The lowest BCUT2D eigenvalue weighted by atomic mass is 10.1. The number of aromatic nitrogens is 1. The summed E-state index contributed by atoms with van der Waals surface area (Å²) in [5, 5.41) is 23.1. The normalized spacial score (nSPS) is 15.4. The number of nitrogens with zero attached hydrogens (tertiary/aromatic N) is 3. The van der Waals surface area contributed by atoms with Crippen LogP contribution in [-0.2, 0) is 13.1 Å². The minimum atomic E-state index is -0.545. The molecule has 1 saturated heterocycles. The van der Waals surface area contributed by atoms with E-state index >= 15 is 0 Å². The molecule has 0 aliphatic carbocycles. The van der Waals surface area contributed by atoms with Gasteiger partial charge in [-0.2, -0.15) is 0 Å². The standard InChI is InChI=1S/C32H41N3O3/c36-20-9-18-34(23-26-10-8-11-28(22-26)38-21-19-33-16-6-1-7-17-33)24-27(37)25-35-31-14-4-2-12-29(31)30-13-3-5-15-32(30)35/h2-5,8,10-15,22,27,36-37H,1,6-7,9,16-21,23-25H2/t27-/m0/s1. The number of likely N-dealkylation sites (tertiary alicyclic amines) is 1. The van der Waals surface area contributed by atoms with Crippen molar-refractivity contribution in [3.63, 3.8) is 0 Å². The summed E-state index contributed by atoms with van der Waals surface area (Å²) in [6, 6.07) is 25.1. The first-order valence-electron chi connectivity index (χ1n) is 14.1. The average molecular weight is 516 g/mol. The lowest BCUT2D eigenvalue weighted by Crippen LogP contribution is -2.35. The van der Waals surface area contributed by atoms with Gasteiger partial charge in [0.25, 0.3) is 0 Å². The molecule has 0 amide bonds. The zero-order valence-corrected chi connectivity index (χ0v) is 22.3. The SMILES string of the molecule is OCCCN(Cc1cccc(OCCN2CCCCC2)c1)C[C@H](O)Cn1c2ccccc2c2ccccc21. The van der Waals surface area contributed by atoms with Gasteiger partial charge in [0.15, 0.2) is 0 Å². The maximum atomic E-state index is 11.2. The first-order chi connectivity index (χ1) is 18.7. The maximum Gasteiger partial charge on any atom is 0.119 e. The van der Waals surface area contributed by atoms with Crippen LogP contribution >= 0.6 is 0 Å². The van der Waals surface area contributed by atoms with Crippen LogP contribution in [0.5, 0.6) is 5.75 Å². The summed E-state index contributed by atoms with van der Waals surface area (Å²) in [5.74, 6) is 0.896. The molecule has 1 atom stereocenters. The van der Waals surface area contributed by atoms with Gasteiger partial charge in [-0.25, -0.2) is 0 Å². The fourth-order valence-electron chi connectivity index (χ4n) is 5.76. The topological polar surface area (TPSA) is 61.1 Å². The highest BCUT2D eigenvalue weighted by Gasteiger charge is 2.17. The quantitative estimate of drug-likeness (QED) is 0.265. The van der Waals surface area contributed by atoms with Crippen molar-refractivity contribution in [3.05, 3.63) is 78.4 Å². The number of hydrogen-bond donors (Lipinski definition) is 2. The summed E-state index contributed by atoms with van der Waals surface area (Å²) >= 11 is 0. The Labute approximate surface area is 226 Å². The Balaban J connectivity index is 1.23. The summed E-state index contributed by atoms with van der Waals surface area (Å²) in [6.07, 6.45) is 4.06. The summed E-state index contributed by atoms with van der Waals surface area (Å²) in [6.45, 7) is 6.65. The van der Waals surface area contributed by atoms with Crippen molar-refractivity contribution >= 4 is 21.8 Å². The van der Waals surface area contributed by atoms with E-state index < -0.39 is 6.10 Å². The second-order valence-corrected chi connectivity index (χ2v) is 10.5. The third-order valence-corrected chi connectivity index (χ3v) is 7.60. The maximum absolute atomic E-state index is 11.2. The molecule has 0 saturated carbocycles. The van der Waals surface area contributed by atoms with Gasteiger partial charge in [0.05, 0.1) is 12.6 Å². The van der Waals surface area contributed by atoms with Crippen LogP contribution in [-0.4, -0.2) is 76.6 Å². The lowest BCUT2D eigenvalue weighted by molar-refractivity contribution is 0.0921. The molecule has 3 aromatic carbocycles. The third kappa shape index (κ3) is 6.75. The molecule has 202 valence electrons. The van der Waals surface area contributed by atoms with Crippen molar-refractivity contribution in [3.8, 4) is 5.75 Å². The molecule has 1 fully saturated rings. The van der Waals surface area contributed by atoms with Crippen LogP contribution in [0.2, 0.25) is 0 Å². The van der Waals surface area contributed by atoms with Gasteiger partial charge in [-0.05, 0) is 62.2 Å². The van der Waals surface area contributed by atoms with Crippen LogP contribution in [0.1, 0.15) is 31.2 Å². The number of benzene rings is 3. The number of aliphatic hydroxyl groups excluding tert-OH is 2. The monoisotopic (exact) mass is 515 g/mol. The molecule has 0 bridgehead atoms. The minimum absolute atomic E-state index is 0.138. The number of piperidine rings is 1. The number of para-hydroxylation sites is 2. The molecule has 2 heterocycles. The molecule has 0 radical (unpaired) electrons. The smallest absolute Gasteiger partial charge is 0.119 e. The molecule has 6 nitrogen and oxygen atoms in total. The molecule has 5 rings (SSSR count). The van der Waals surface area contributed by atoms with Gasteiger partial charge in [0.2, 0.25) is 0 Å². The van der Waals surface area contributed by atoms with Crippen LogP contribution in [0.25, 0.3) is 21.8 Å². The molecule has 6 heteroatoms. The molecule has 4 aromatic rings. The van der Waals surface area contributed by atoms with Gasteiger partial charge in [-0.15, -0.1) is 0 Å². The highest BCUT2D eigenvalue weighted by molar-refractivity contribution is 6.07.